The molecule has 0 bridgehead atoms. The summed E-state index contributed by atoms with van der Waals surface area (Å²) in [7, 11) is 1.54. The number of allylic oxidation sites excluding steroid dienone is 1. The van der Waals surface area contributed by atoms with E-state index in [0.29, 0.717) is 28.7 Å². The fourth-order valence-electron chi connectivity index (χ4n) is 2.08. The van der Waals surface area contributed by atoms with Crippen LogP contribution in [-0.2, 0) is 0 Å². The third-order valence-electron chi connectivity index (χ3n) is 3.18. The third-order valence-corrected chi connectivity index (χ3v) is 3.99. The minimum atomic E-state index is 0.327. The van der Waals surface area contributed by atoms with Crippen molar-refractivity contribution in [3.8, 4) is 17.6 Å². The molecule has 0 aliphatic carbocycles. The van der Waals surface area contributed by atoms with Gasteiger partial charge in [-0.2, -0.15) is 5.26 Å². The first kappa shape index (κ1) is 18.1. The Morgan fingerprint density at radius 2 is 2.04 bits per heavy atom. The maximum atomic E-state index is 9.45. The highest BCUT2D eigenvalue weighted by Crippen LogP contribution is 2.37. The molecule has 0 saturated heterocycles. The SMILES string of the molecule is C=CCOc1c(Cl)cc(/C=C(\C#N)c2ccc(Br)cc2)cc1OC. The standard InChI is InChI=1S/C19H15BrClNO2/c1-3-8-24-19-17(21)10-13(11-18(19)23-2)9-15(12-22)14-4-6-16(20)7-5-14/h3-7,9-11H,1,8H2,2H3/b15-9+. The lowest BCUT2D eigenvalue weighted by molar-refractivity contribution is 0.326. The van der Waals surface area contributed by atoms with Gasteiger partial charge in [-0.25, -0.2) is 0 Å². The molecule has 0 aliphatic rings. The normalized spacial score (nSPS) is 10.8. The second kappa shape index (κ2) is 8.58. The Bertz CT molecular complexity index is 807. The molecule has 0 unspecified atom stereocenters. The van der Waals surface area contributed by atoms with E-state index in [1.165, 1.54) is 0 Å². The predicted molar refractivity (Wildman–Crippen MR) is 101 cm³/mol. The largest absolute Gasteiger partial charge is 0.493 e. The summed E-state index contributed by atoms with van der Waals surface area (Å²) < 4.78 is 11.8. The van der Waals surface area contributed by atoms with Crippen molar-refractivity contribution in [3.05, 3.63) is 69.7 Å². The maximum Gasteiger partial charge on any atom is 0.180 e. The molecule has 0 N–H and O–H groups in total. The maximum absolute atomic E-state index is 9.45. The van der Waals surface area contributed by atoms with E-state index in [2.05, 4.69) is 28.6 Å². The highest BCUT2D eigenvalue weighted by atomic mass is 79.9. The zero-order valence-electron chi connectivity index (χ0n) is 13.1. The van der Waals surface area contributed by atoms with Gasteiger partial charge in [0, 0.05) is 4.47 Å². The highest BCUT2D eigenvalue weighted by molar-refractivity contribution is 9.10. The lowest BCUT2D eigenvalue weighted by Crippen LogP contribution is -1.97. The van der Waals surface area contributed by atoms with Gasteiger partial charge in [-0.05, 0) is 41.5 Å². The topological polar surface area (TPSA) is 42.2 Å². The summed E-state index contributed by atoms with van der Waals surface area (Å²) in [6.07, 6.45) is 3.39. The van der Waals surface area contributed by atoms with Gasteiger partial charge >= 0.3 is 0 Å². The van der Waals surface area contributed by atoms with E-state index < -0.39 is 0 Å². The van der Waals surface area contributed by atoms with E-state index in [9.17, 15) is 5.26 Å². The van der Waals surface area contributed by atoms with Gasteiger partial charge in [0.15, 0.2) is 11.5 Å². The van der Waals surface area contributed by atoms with Crippen molar-refractivity contribution >= 4 is 39.2 Å². The Morgan fingerprint density at radius 1 is 1.33 bits per heavy atom. The molecule has 0 aromatic heterocycles. The molecule has 5 heteroatoms. The van der Waals surface area contributed by atoms with Crippen LogP contribution in [0.2, 0.25) is 5.02 Å². The zero-order valence-corrected chi connectivity index (χ0v) is 15.4. The van der Waals surface area contributed by atoms with E-state index in [1.54, 1.807) is 31.4 Å². The molecule has 0 aliphatic heterocycles. The number of hydrogen-bond acceptors (Lipinski definition) is 3. The number of ether oxygens (including phenoxy) is 2. The number of benzene rings is 2. The second-order valence-corrected chi connectivity index (χ2v) is 6.13. The van der Waals surface area contributed by atoms with Gasteiger partial charge in [0.05, 0.1) is 23.8 Å². The van der Waals surface area contributed by atoms with Crippen LogP contribution in [0.15, 0.2) is 53.5 Å². The van der Waals surface area contributed by atoms with Crippen molar-refractivity contribution in [2.24, 2.45) is 0 Å². The van der Waals surface area contributed by atoms with Crippen LogP contribution in [0.25, 0.3) is 11.6 Å². The molecular weight excluding hydrogens is 390 g/mol. The van der Waals surface area contributed by atoms with Gasteiger partial charge in [-0.1, -0.05) is 52.3 Å². The average Bonchev–Trinajstić information content (AvgIpc) is 2.59. The number of nitrogens with zero attached hydrogens (tertiary/aromatic N) is 1. The molecule has 0 atom stereocenters. The van der Waals surface area contributed by atoms with Crippen molar-refractivity contribution < 1.29 is 9.47 Å². The first-order valence-corrected chi connectivity index (χ1v) is 8.25. The van der Waals surface area contributed by atoms with Crippen LogP contribution in [0.3, 0.4) is 0 Å². The molecule has 24 heavy (non-hydrogen) atoms. The molecule has 0 spiro atoms. The van der Waals surface area contributed by atoms with Crippen LogP contribution in [0, 0.1) is 11.3 Å². The van der Waals surface area contributed by atoms with Crippen LogP contribution >= 0.6 is 27.5 Å². The van der Waals surface area contributed by atoms with Crippen molar-refractivity contribution in [3.63, 3.8) is 0 Å². The monoisotopic (exact) mass is 403 g/mol. The fourth-order valence-corrected chi connectivity index (χ4v) is 2.62. The number of nitriles is 1. The molecule has 0 heterocycles. The predicted octanol–water partition coefficient (Wildman–Crippen LogP) is 5.74. The smallest absolute Gasteiger partial charge is 0.180 e. The molecule has 0 amide bonds. The van der Waals surface area contributed by atoms with Gasteiger partial charge < -0.3 is 9.47 Å². The number of hydrogen-bond donors (Lipinski definition) is 0. The van der Waals surface area contributed by atoms with Crippen LogP contribution in [-0.4, -0.2) is 13.7 Å². The highest BCUT2D eigenvalue weighted by Gasteiger charge is 2.12. The van der Waals surface area contributed by atoms with Crippen molar-refractivity contribution in [2.45, 2.75) is 0 Å². The number of methoxy groups -OCH3 is 1. The zero-order chi connectivity index (χ0) is 17.5. The van der Waals surface area contributed by atoms with E-state index in [0.717, 1.165) is 15.6 Å². The molecule has 3 nitrogen and oxygen atoms in total. The summed E-state index contributed by atoms with van der Waals surface area (Å²) in [5.41, 5.74) is 2.10. The van der Waals surface area contributed by atoms with E-state index in [-0.39, 0.29) is 0 Å². The summed E-state index contributed by atoms with van der Waals surface area (Å²) in [5, 5.41) is 9.86. The van der Waals surface area contributed by atoms with Gasteiger partial charge in [-0.3, -0.25) is 0 Å². The summed E-state index contributed by atoms with van der Waals surface area (Å²) in [6, 6.07) is 13.3. The van der Waals surface area contributed by atoms with E-state index in [4.69, 9.17) is 21.1 Å². The quantitative estimate of drug-likeness (QED) is 0.350. The molecule has 122 valence electrons. The molecule has 2 aromatic rings. The number of rotatable bonds is 6. The van der Waals surface area contributed by atoms with Crippen LogP contribution in [0.5, 0.6) is 11.5 Å². The van der Waals surface area contributed by atoms with Crippen LogP contribution in [0.4, 0.5) is 0 Å². The first-order chi connectivity index (χ1) is 11.6. The van der Waals surface area contributed by atoms with Gasteiger partial charge in [-0.15, -0.1) is 0 Å². The fraction of sp³-hybridized carbons (Fsp3) is 0.105. The van der Waals surface area contributed by atoms with Crippen molar-refractivity contribution in [2.75, 3.05) is 13.7 Å². The summed E-state index contributed by atoms with van der Waals surface area (Å²) in [6.45, 7) is 3.94. The van der Waals surface area contributed by atoms with Gasteiger partial charge in [0.1, 0.15) is 6.61 Å². The lowest BCUT2D eigenvalue weighted by Gasteiger charge is -2.12. The Labute approximate surface area is 154 Å². The van der Waals surface area contributed by atoms with Crippen LogP contribution < -0.4 is 9.47 Å². The van der Waals surface area contributed by atoms with Gasteiger partial charge in [0.25, 0.3) is 0 Å². The first-order valence-electron chi connectivity index (χ1n) is 7.08. The summed E-state index contributed by atoms with van der Waals surface area (Å²) in [5.74, 6) is 0.960. The molecule has 2 aromatic carbocycles. The molecule has 0 radical (unpaired) electrons. The average molecular weight is 405 g/mol. The van der Waals surface area contributed by atoms with Crippen molar-refractivity contribution in [1.29, 1.82) is 5.26 Å². The van der Waals surface area contributed by atoms with Crippen LogP contribution in [0.1, 0.15) is 11.1 Å². The third kappa shape index (κ3) is 4.41. The Kier molecular flexibility index (Phi) is 6.48. The second-order valence-electron chi connectivity index (χ2n) is 4.81. The Morgan fingerprint density at radius 3 is 2.62 bits per heavy atom. The molecule has 0 fully saturated rings. The lowest BCUT2D eigenvalue weighted by atomic mass is 10.0. The van der Waals surface area contributed by atoms with Gasteiger partial charge in [0.2, 0.25) is 0 Å². The minimum Gasteiger partial charge on any atom is -0.493 e. The summed E-state index contributed by atoms with van der Waals surface area (Å²) >= 11 is 9.67. The summed E-state index contributed by atoms with van der Waals surface area (Å²) in [4.78, 5) is 0. The van der Waals surface area contributed by atoms with E-state index >= 15 is 0 Å². The molecule has 0 saturated carbocycles. The minimum absolute atomic E-state index is 0.327. The molecular formula is C19H15BrClNO2. The number of halogens is 2. The Balaban J connectivity index is 2.43. The molecule has 2 rings (SSSR count). The van der Waals surface area contributed by atoms with Crippen molar-refractivity contribution in [1.82, 2.24) is 0 Å². The van der Waals surface area contributed by atoms with E-state index in [1.807, 2.05) is 24.3 Å². The Hall–Kier alpha value is -2.22.